The van der Waals surface area contributed by atoms with Gasteiger partial charge < -0.3 is 30.8 Å². The number of carboxylic acid groups (broad SMARTS) is 5. The Hall–Kier alpha value is -5.63. The second kappa shape index (κ2) is 31.0. The standard InChI is InChI=1S/C52H75N5O14/c58-43(11-6-7-13-47(61)62)32-42(52(70)71)10-2-1-3-12-46(60)45(31-38-16-18-39-8-4-5-9-41(39)30-38)53-51(69)40-19-14-37(15-20-40)17-21-44(59)33-54-22-24-55(34-48(63)64)26-28-57(36-50(67)68)29-27-56(25-23-54)35-49(65)66/h4-5,8-9,16,18,30,37,40,42,45H,1-3,6-7,10-15,17,19-29,31-36H2,(H,53,69)(H,61,62)(H,63,64)(H,65,66)(H,67,68)(H,70,71)/t37?,40?,42-,45+/m1/s1. The molecule has 1 saturated heterocycles. The minimum atomic E-state index is -1.06. The number of carboxylic acids is 5. The summed E-state index contributed by atoms with van der Waals surface area (Å²) in [6, 6.07) is 13.1. The van der Waals surface area contributed by atoms with E-state index in [4.69, 9.17) is 5.11 Å². The number of aliphatic carboxylic acids is 5. The number of rotatable bonds is 30. The highest BCUT2D eigenvalue weighted by atomic mass is 16.4. The molecule has 71 heavy (non-hydrogen) atoms. The Morgan fingerprint density at radius 2 is 1.06 bits per heavy atom. The van der Waals surface area contributed by atoms with Crippen molar-refractivity contribution in [1.82, 2.24) is 24.9 Å². The quantitative estimate of drug-likeness (QED) is 0.0595. The molecule has 2 aliphatic rings. The zero-order valence-electron chi connectivity index (χ0n) is 41.1. The number of nitrogens with one attached hydrogen (secondary N) is 1. The molecule has 19 nitrogen and oxygen atoms in total. The van der Waals surface area contributed by atoms with Gasteiger partial charge in [0.1, 0.15) is 11.6 Å². The van der Waals surface area contributed by atoms with Gasteiger partial charge in [0.25, 0.3) is 0 Å². The summed E-state index contributed by atoms with van der Waals surface area (Å²) in [6.45, 7) is 1.86. The minimum absolute atomic E-state index is 0.00716. The summed E-state index contributed by atoms with van der Waals surface area (Å²) in [5.41, 5.74) is 0.903. The summed E-state index contributed by atoms with van der Waals surface area (Å²) in [5.74, 6) is -6.52. The molecule has 0 unspecified atom stereocenters. The molecule has 2 fully saturated rings. The number of fused-ring (bicyclic) bond motifs is 1. The van der Waals surface area contributed by atoms with E-state index >= 15 is 0 Å². The average molecular weight is 994 g/mol. The number of amides is 1. The summed E-state index contributed by atoms with van der Waals surface area (Å²) in [7, 11) is 0. The van der Waals surface area contributed by atoms with Crippen LogP contribution < -0.4 is 5.32 Å². The van der Waals surface area contributed by atoms with Gasteiger partial charge >= 0.3 is 29.8 Å². The van der Waals surface area contributed by atoms with Crippen molar-refractivity contribution in [2.75, 3.05) is 78.5 Å². The number of unbranched alkanes of at least 4 members (excludes halogenated alkanes) is 3. The van der Waals surface area contributed by atoms with Crippen LogP contribution in [0.25, 0.3) is 10.8 Å². The highest BCUT2D eigenvalue weighted by Gasteiger charge is 2.31. The predicted octanol–water partition coefficient (Wildman–Crippen LogP) is 4.32. The Morgan fingerprint density at radius 1 is 0.535 bits per heavy atom. The Balaban J connectivity index is 1.28. The maximum absolute atomic E-state index is 13.9. The maximum atomic E-state index is 13.9. The first-order valence-electron chi connectivity index (χ1n) is 25.3. The lowest BCUT2D eigenvalue weighted by atomic mass is 9.79. The van der Waals surface area contributed by atoms with Gasteiger partial charge in [0.15, 0.2) is 5.78 Å². The Bertz CT molecular complexity index is 2080. The predicted molar refractivity (Wildman–Crippen MR) is 263 cm³/mol. The molecule has 2 aromatic rings. The van der Waals surface area contributed by atoms with Crippen LogP contribution in [-0.4, -0.2) is 183 Å². The summed E-state index contributed by atoms with van der Waals surface area (Å²) in [4.78, 5) is 118. The van der Waals surface area contributed by atoms with Crippen molar-refractivity contribution in [3.63, 3.8) is 0 Å². The lowest BCUT2D eigenvalue weighted by Crippen LogP contribution is -2.49. The van der Waals surface area contributed by atoms with Crippen molar-refractivity contribution >= 4 is 63.9 Å². The van der Waals surface area contributed by atoms with Gasteiger partial charge in [0.05, 0.1) is 38.1 Å². The summed E-state index contributed by atoms with van der Waals surface area (Å²) in [5, 5.41) is 52.2. The SMILES string of the molecule is O=C(O)CCCCC(=O)C[C@@H](CCCCCC(=O)[C@H](Cc1ccc2ccccc2c1)NC(=O)C1CCC(CCC(=O)CN2CCN(CC(=O)O)CCN(CC(=O)O)CCN(CC(=O)O)CC2)CC1)C(=O)O. The molecule has 1 aliphatic heterocycles. The molecule has 1 amide bonds. The van der Waals surface area contributed by atoms with Crippen LogP contribution >= 0.6 is 0 Å². The lowest BCUT2D eigenvalue weighted by molar-refractivity contribution is -0.144. The lowest BCUT2D eigenvalue weighted by Gasteiger charge is -2.33. The fourth-order valence-corrected chi connectivity index (χ4v) is 9.66. The summed E-state index contributed by atoms with van der Waals surface area (Å²) in [6.07, 6.45) is 6.69. The molecular formula is C52H75N5O14. The second-order valence-electron chi connectivity index (χ2n) is 19.5. The highest BCUT2D eigenvalue weighted by molar-refractivity contribution is 5.90. The van der Waals surface area contributed by atoms with E-state index in [1.54, 1.807) is 14.7 Å². The van der Waals surface area contributed by atoms with Crippen LogP contribution in [0, 0.1) is 17.8 Å². The van der Waals surface area contributed by atoms with Crippen molar-refractivity contribution in [3.8, 4) is 0 Å². The number of carbonyl (C=O) groups excluding carboxylic acids is 4. The Labute approximate surface area is 415 Å². The third-order valence-corrected chi connectivity index (χ3v) is 13.8. The summed E-state index contributed by atoms with van der Waals surface area (Å²) >= 11 is 0. The fraction of sp³-hybridized carbons (Fsp3) is 0.635. The van der Waals surface area contributed by atoms with Gasteiger partial charge in [-0.05, 0) is 86.5 Å². The van der Waals surface area contributed by atoms with Gasteiger partial charge in [-0.25, -0.2) is 0 Å². The molecule has 0 radical (unpaired) electrons. The number of ketones is 3. The van der Waals surface area contributed by atoms with Crippen molar-refractivity contribution in [2.24, 2.45) is 17.8 Å². The zero-order chi connectivity index (χ0) is 51.7. The van der Waals surface area contributed by atoms with Gasteiger partial charge in [-0.2, -0.15) is 0 Å². The number of nitrogens with zero attached hydrogens (tertiary/aromatic N) is 4. The van der Waals surface area contributed by atoms with Gasteiger partial charge in [-0.3, -0.25) is 62.8 Å². The van der Waals surface area contributed by atoms with Gasteiger partial charge in [-0.15, -0.1) is 0 Å². The first-order valence-corrected chi connectivity index (χ1v) is 25.3. The molecule has 4 rings (SSSR count). The van der Waals surface area contributed by atoms with Crippen molar-refractivity contribution < 1.29 is 68.7 Å². The average Bonchev–Trinajstić information content (AvgIpc) is 3.31. The fourth-order valence-electron chi connectivity index (χ4n) is 9.66. The van der Waals surface area contributed by atoms with Crippen molar-refractivity contribution in [3.05, 3.63) is 48.0 Å². The van der Waals surface area contributed by atoms with Gasteiger partial charge in [0.2, 0.25) is 5.91 Å². The Kier molecular flexibility index (Phi) is 25.3. The number of carbonyl (C=O) groups is 9. The minimum Gasteiger partial charge on any atom is -0.481 e. The molecule has 2 aromatic carbocycles. The number of hydrogen-bond acceptors (Lipinski definition) is 13. The monoisotopic (exact) mass is 994 g/mol. The highest BCUT2D eigenvalue weighted by Crippen LogP contribution is 2.32. The van der Waals surface area contributed by atoms with E-state index in [0.717, 1.165) is 29.2 Å². The molecular weight excluding hydrogens is 919 g/mol. The van der Waals surface area contributed by atoms with E-state index in [9.17, 15) is 63.6 Å². The molecule has 392 valence electrons. The van der Waals surface area contributed by atoms with E-state index in [0.29, 0.717) is 90.4 Å². The van der Waals surface area contributed by atoms with E-state index in [1.807, 2.05) is 47.4 Å². The van der Waals surface area contributed by atoms with Crippen LogP contribution in [0.1, 0.15) is 108 Å². The maximum Gasteiger partial charge on any atom is 0.317 e. The third-order valence-electron chi connectivity index (χ3n) is 13.8. The molecule has 19 heteroatoms. The van der Waals surface area contributed by atoms with Crippen LogP contribution in [0.3, 0.4) is 0 Å². The molecule has 1 aliphatic carbocycles. The Morgan fingerprint density at radius 3 is 1.59 bits per heavy atom. The van der Waals surface area contributed by atoms with Crippen LogP contribution in [0.15, 0.2) is 42.5 Å². The van der Waals surface area contributed by atoms with Crippen LogP contribution in [-0.2, 0) is 49.6 Å². The number of benzene rings is 2. The van der Waals surface area contributed by atoms with Crippen LogP contribution in [0.5, 0.6) is 0 Å². The number of Topliss-reactive ketones (excluding diaryl/α,β-unsaturated/α-hetero) is 3. The molecule has 0 aromatic heterocycles. The largest absolute Gasteiger partial charge is 0.481 e. The molecule has 2 atom stereocenters. The molecule has 0 bridgehead atoms. The van der Waals surface area contributed by atoms with E-state index in [2.05, 4.69) is 5.32 Å². The van der Waals surface area contributed by atoms with Crippen LogP contribution in [0.2, 0.25) is 0 Å². The normalized spacial score (nSPS) is 18.9. The van der Waals surface area contributed by atoms with Gasteiger partial charge in [0, 0.05) is 90.4 Å². The van der Waals surface area contributed by atoms with E-state index in [1.165, 1.54) is 0 Å². The first-order chi connectivity index (χ1) is 33.9. The van der Waals surface area contributed by atoms with Crippen molar-refractivity contribution in [2.45, 2.75) is 115 Å². The zero-order valence-corrected chi connectivity index (χ0v) is 41.1. The molecule has 1 saturated carbocycles. The third kappa shape index (κ3) is 23.0. The smallest absolute Gasteiger partial charge is 0.317 e. The summed E-state index contributed by atoms with van der Waals surface area (Å²) < 4.78 is 0. The molecule has 0 spiro atoms. The second-order valence-corrected chi connectivity index (χ2v) is 19.5. The van der Waals surface area contributed by atoms with Gasteiger partial charge in [-0.1, -0.05) is 55.3 Å². The molecule has 6 N–H and O–H groups in total. The first kappa shape index (κ1) is 57.9. The van der Waals surface area contributed by atoms with E-state index in [-0.39, 0.29) is 120 Å². The van der Waals surface area contributed by atoms with Crippen molar-refractivity contribution in [1.29, 1.82) is 0 Å². The molecule has 1 heterocycles. The topological polar surface area (TPSA) is 280 Å². The van der Waals surface area contributed by atoms with E-state index < -0.39 is 41.8 Å². The van der Waals surface area contributed by atoms with Crippen LogP contribution in [0.4, 0.5) is 0 Å². The number of hydrogen-bond donors (Lipinski definition) is 6.